The minimum Gasteiger partial charge on any atom is -0.303 e. The molecule has 0 saturated carbocycles. The maximum Gasteiger partial charge on any atom is 0.253 e. The highest BCUT2D eigenvalue weighted by Crippen LogP contribution is 2.34. The van der Waals surface area contributed by atoms with Gasteiger partial charge < -0.3 is 4.90 Å². The Hall–Kier alpha value is -0.440. The van der Waals surface area contributed by atoms with Crippen LogP contribution in [-0.4, -0.2) is 44.3 Å². The van der Waals surface area contributed by atoms with E-state index in [0.29, 0.717) is 17.3 Å². The molecule has 1 aromatic heterocycles. The highest BCUT2D eigenvalue weighted by atomic mass is 79.9. The summed E-state index contributed by atoms with van der Waals surface area (Å²) < 4.78 is 28.8. The van der Waals surface area contributed by atoms with Crippen molar-refractivity contribution in [1.82, 2.24) is 9.21 Å². The van der Waals surface area contributed by atoms with Crippen molar-refractivity contribution in [2.24, 2.45) is 0 Å². The van der Waals surface area contributed by atoms with Crippen molar-refractivity contribution in [3.63, 3.8) is 0 Å². The second-order valence-electron chi connectivity index (χ2n) is 5.36. The van der Waals surface area contributed by atoms with E-state index < -0.39 is 10.0 Å². The summed E-state index contributed by atoms with van der Waals surface area (Å²) in [5, 5.41) is 0. The average molecular weight is 438 g/mol. The lowest BCUT2D eigenvalue weighted by atomic mass is 10.1. The van der Waals surface area contributed by atoms with Crippen LogP contribution in [0.15, 0.2) is 50.5 Å². The summed E-state index contributed by atoms with van der Waals surface area (Å²) in [7, 11) is -1.44. The predicted octanol–water partition coefficient (Wildman–Crippen LogP) is 3.61. The predicted molar refractivity (Wildman–Crippen MR) is 99.8 cm³/mol. The number of piperazine rings is 1. The van der Waals surface area contributed by atoms with Gasteiger partial charge in [-0.15, -0.1) is 23.7 Å². The van der Waals surface area contributed by atoms with Crippen LogP contribution in [0.4, 0.5) is 0 Å². The topological polar surface area (TPSA) is 40.6 Å². The van der Waals surface area contributed by atoms with Crippen LogP contribution in [0.25, 0.3) is 0 Å². The van der Waals surface area contributed by atoms with Gasteiger partial charge in [0.25, 0.3) is 10.0 Å². The lowest BCUT2D eigenvalue weighted by Crippen LogP contribution is -2.49. The number of halogens is 2. The van der Waals surface area contributed by atoms with Gasteiger partial charge in [0.05, 0.1) is 9.83 Å². The van der Waals surface area contributed by atoms with Crippen LogP contribution in [0.1, 0.15) is 11.6 Å². The van der Waals surface area contributed by atoms with Gasteiger partial charge in [0.2, 0.25) is 0 Å². The molecule has 0 amide bonds. The third-order valence-electron chi connectivity index (χ3n) is 3.83. The van der Waals surface area contributed by atoms with Gasteiger partial charge in [-0.05, 0) is 40.7 Å². The number of likely N-dealkylation sites (N-methyl/N-ethyl adjacent to an activating group) is 1. The molecule has 3 rings (SSSR count). The first-order chi connectivity index (χ1) is 10.5. The molecule has 1 aliphatic heterocycles. The Morgan fingerprint density at radius 3 is 2.43 bits per heavy atom. The number of sulfonamides is 1. The highest BCUT2D eigenvalue weighted by Gasteiger charge is 2.36. The van der Waals surface area contributed by atoms with Gasteiger partial charge in [0.1, 0.15) is 4.21 Å². The van der Waals surface area contributed by atoms with Crippen molar-refractivity contribution in [1.29, 1.82) is 0 Å². The van der Waals surface area contributed by atoms with Crippen LogP contribution in [0.5, 0.6) is 0 Å². The first-order valence-corrected chi connectivity index (χ1v) is 10.0. The van der Waals surface area contributed by atoms with E-state index in [1.807, 2.05) is 37.4 Å². The Bertz CT molecular complexity index is 752. The summed E-state index contributed by atoms with van der Waals surface area (Å²) >= 11 is 4.61. The normalized spacial score (nSPS) is 20.2. The van der Waals surface area contributed by atoms with Gasteiger partial charge in [0, 0.05) is 19.6 Å². The highest BCUT2D eigenvalue weighted by molar-refractivity contribution is 9.11. The van der Waals surface area contributed by atoms with Crippen LogP contribution in [0.3, 0.4) is 0 Å². The molecule has 2 aromatic rings. The molecule has 23 heavy (non-hydrogen) atoms. The summed E-state index contributed by atoms with van der Waals surface area (Å²) in [5.41, 5.74) is 1.04. The Balaban J connectivity index is 0.00000192. The molecule has 8 heteroatoms. The van der Waals surface area contributed by atoms with Gasteiger partial charge in [-0.3, -0.25) is 0 Å². The van der Waals surface area contributed by atoms with Gasteiger partial charge in [-0.25, -0.2) is 8.42 Å². The van der Waals surface area contributed by atoms with Gasteiger partial charge in [-0.1, -0.05) is 30.3 Å². The molecule has 1 aliphatic rings. The minimum absolute atomic E-state index is 0. The quantitative estimate of drug-likeness (QED) is 0.736. The van der Waals surface area contributed by atoms with Crippen molar-refractivity contribution < 1.29 is 8.42 Å². The molecular weight excluding hydrogens is 420 g/mol. The fourth-order valence-corrected chi connectivity index (χ4v) is 6.42. The van der Waals surface area contributed by atoms with E-state index in [2.05, 4.69) is 20.8 Å². The maximum atomic E-state index is 13.0. The maximum absolute atomic E-state index is 13.0. The molecule has 2 heterocycles. The Labute approximate surface area is 155 Å². The summed E-state index contributed by atoms with van der Waals surface area (Å²) in [6.07, 6.45) is 0. The van der Waals surface area contributed by atoms with Crippen molar-refractivity contribution in [2.75, 3.05) is 26.7 Å². The zero-order valence-corrected chi connectivity index (χ0v) is 16.6. The van der Waals surface area contributed by atoms with Gasteiger partial charge in [-0.2, -0.15) is 4.31 Å². The molecule has 0 N–H and O–H groups in total. The van der Waals surface area contributed by atoms with E-state index >= 15 is 0 Å². The zero-order valence-electron chi connectivity index (χ0n) is 12.6. The Morgan fingerprint density at radius 2 is 1.83 bits per heavy atom. The lowest BCUT2D eigenvalue weighted by molar-refractivity contribution is 0.161. The SMILES string of the molecule is CN1CCN(S(=O)(=O)c2ccc(Br)s2)C(c2ccccc2)C1.Cl. The second-order valence-corrected chi connectivity index (χ2v) is 9.94. The largest absolute Gasteiger partial charge is 0.303 e. The van der Waals surface area contributed by atoms with Crippen molar-refractivity contribution in [3.8, 4) is 0 Å². The monoisotopic (exact) mass is 436 g/mol. The smallest absolute Gasteiger partial charge is 0.253 e. The van der Waals surface area contributed by atoms with E-state index in [-0.39, 0.29) is 18.4 Å². The fraction of sp³-hybridized carbons (Fsp3) is 0.333. The summed E-state index contributed by atoms with van der Waals surface area (Å²) in [6, 6.07) is 13.2. The third kappa shape index (κ3) is 3.97. The van der Waals surface area contributed by atoms with E-state index in [1.54, 1.807) is 16.4 Å². The van der Waals surface area contributed by atoms with Crippen LogP contribution in [0, 0.1) is 0 Å². The number of nitrogens with zero attached hydrogens (tertiary/aromatic N) is 2. The lowest BCUT2D eigenvalue weighted by Gasteiger charge is -2.39. The average Bonchev–Trinajstić information content (AvgIpc) is 2.95. The van der Waals surface area contributed by atoms with Crippen molar-refractivity contribution in [3.05, 3.63) is 51.8 Å². The molecule has 126 valence electrons. The summed E-state index contributed by atoms with van der Waals surface area (Å²) in [6.45, 7) is 1.96. The van der Waals surface area contributed by atoms with E-state index in [1.165, 1.54) is 11.3 Å². The van der Waals surface area contributed by atoms with Gasteiger partial charge >= 0.3 is 0 Å². The zero-order chi connectivity index (χ0) is 15.7. The van der Waals surface area contributed by atoms with Gasteiger partial charge in [0.15, 0.2) is 0 Å². The molecule has 1 saturated heterocycles. The molecule has 4 nitrogen and oxygen atoms in total. The second kappa shape index (κ2) is 7.63. The molecule has 1 fully saturated rings. The molecule has 0 spiro atoms. The summed E-state index contributed by atoms with van der Waals surface area (Å²) in [4.78, 5) is 2.17. The fourth-order valence-electron chi connectivity index (χ4n) is 2.69. The Morgan fingerprint density at radius 1 is 1.13 bits per heavy atom. The standard InChI is InChI=1S/C15H17BrN2O2S2.ClH/c1-17-9-10-18(13(11-17)12-5-3-2-4-6-12)22(19,20)15-8-7-14(16)21-15;/h2-8,13H,9-11H2,1H3;1H. The number of rotatable bonds is 3. The van der Waals surface area contributed by atoms with Crippen molar-refractivity contribution in [2.45, 2.75) is 10.3 Å². The van der Waals surface area contributed by atoms with Crippen molar-refractivity contribution >= 4 is 49.7 Å². The Kier molecular flexibility index (Phi) is 6.27. The first-order valence-electron chi connectivity index (χ1n) is 6.99. The van der Waals surface area contributed by atoms with Crippen LogP contribution in [0.2, 0.25) is 0 Å². The molecule has 1 atom stereocenters. The summed E-state index contributed by atoms with van der Waals surface area (Å²) in [5.74, 6) is 0. The molecule has 0 bridgehead atoms. The first kappa shape index (κ1) is 18.9. The van der Waals surface area contributed by atoms with E-state index in [9.17, 15) is 8.42 Å². The molecular formula is C15H18BrClN2O2S2. The number of benzene rings is 1. The molecule has 0 radical (unpaired) electrons. The number of hydrogen-bond acceptors (Lipinski definition) is 4. The van der Waals surface area contributed by atoms with Crippen LogP contribution >= 0.6 is 39.7 Å². The molecule has 0 aliphatic carbocycles. The molecule has 1 aromatic carbocycles. The minimum atomic E-state index is -3.47. The van der Waals surface area contributed by atoms with Crippen LogP contribution in [-0.2, 0) is 10.0 Å². The van der Waals surface area contributed by atoms with Crippen LogP contribution < -0.4 is 0 Å². The number of thiophene rings is 1. The molecule has 1 unspecified atom stereocenters. The van der Waals surface area contributed by atoms with E-state index in [4.69, 9.17) is 0 Å². The number of hydrogen-bond donors (Lipinski definition) is 0. The third-order valence-corrected chi connectivity index (χ3v) is 7.83. The van der Waals surface area contributed by atoms with E-state index in [0.717, 1.165) is 15.9 Å².